The van der Waals surface area contributed by atoms with Crippen LogP contribution >= 0.6 is 0 Å². The van der Waals surface area contributed by atoms with Crippen LogP contribution in [0.2, 0.25) is 0 Å². The lowest BCUT2D eigenvalue weighted by Crippen LogP contribution is -1.67. The van der Waals surface area contributed by atoms with Crippen molar-refractivity contribution in [3.05, 3.63) is 0 Å². The molecule has 0 aliphatic rings. The third-order valence-corrected chi connectivity index (χ3v) is 0.407. The molecule has 0 atom stereocenters. The van der Waals surface area contributed by atoms with E-state index >= 15 is 0 Å². The first kappa shape index (κ1) is 5.23. The van der Waals surface area contributed by atoms with Crippen LogP contribution in [0.3, 0.4) is 0 Å². The van der Waals surface area contributed by atoms with Crippen molar-refractivity contribution in [3.63, 3.8) is 0 Å². The predicted octanol–water partition coefficient (Wildman–Crippen LogP) is 0.599. The number of unbranched alkanes of at least 4 members (excludes halogenated alkanes) is 1. The molecule has 0 aromatic carbocycles. The van der Waals surface area contributed by atoms with Crippen molar-refractivity contribution in [2.75, 3.05) is 0 Å². The second kappa shape index (κ2) is 4.23. The van der Waals surface area contributed by atoms with Gasteiger partial charge in [0.2, 0.25) is 0 Å². The molecule has 0 radical (unpaired) electrons. The maximum absolute atomic E-state index is 9.47. The molecular formula is C5H6O. The summed E-state index contributed by atoms with van der Waals surface area (Å²) in [5.74, 6) is 2.34. The van der Waals surface area contributed by atoms with Crippen molar-refractivity contribution in [3.8, 4) is 12.3 Å². The first-order chi connectivity index (χ1) is 2.91. The van der Waals surface area contributed by atoms with E-state index in [-0.39, 0.29) is 0 Å². The molecule has 0 bridgehead atoms. The van der Waals surface area contributed by atoms with Gasteiger partial charge in [-0.2, -0.15) is 0 Å². The Bertz CT molecular complexity index is 68.5. The minimum absolute atomic E-state index is 0.497. The molecule has 0 saturated heterocycles. The predicted molar refractivity (Wildman–Crippen MR) is 24.1 cm³/mol. The Hall–Kier alpha value is -0.770. The minimum atomic E-state index is 0.497. The van der Waals surface area contributed by atoms with Crippen molar-refractivity contribution in [1.82, 2.24) is 0 Å². The second-order valence-electron chi connectivity index (χ2n) is 0.909. The van der Waals surface area contributed by atoms with Crippen LogP contribution in [0.1, 0.15) is 12.8 Å². The number of carbonyl (C=O) groups is 1. The highest BCUT2D eigenvalue weighted by Crippen LogP contribution is 1.75. The summed E-state index contributed by atoms with van der Waals surface area (Å²) in [5, 5.41) is 0. The van der Waals surface area contributed by atoms with Gasteiger partial charge < -0.3 is 4.79 Å². The van der Waals surface area contributed by atoms with E-state index in [9.17, 15) is 4.79 Å². The number of rotatable bonds is 2. The van der Waals surface area contributed by atoms with Gasteiger partial charge in [-0.05, 0) is 0 Å². The van der Waals surface area contributed by atoms with Gasteiger partial charge in [-0.1, -0.05) is 0 Å². The van der Waals surface area contributed by atoms with Crippen LogP contribution < -0.4 is 0 Å². The molecule has 0 N–H and O–H groups in total. The molecule has 0 aliphatic heterocycles. The van der Waals surface area contributed by atoms with E-state index in [4.69, 9.17) is 6.42 Å². The normalized spacial score (nSPS) is 6.50. The topological polar surface area (TPSA) is 17.1 Å². The van der Waals surface area contributed by atoms with Crippen LogP contribution in [0.15, 0.2) is 0 Å². The van der Waals surface area contributed by atoms with Crippen LogP contribution in [0.25, 0.3) is 0 Å². The third kappa shape index (κ3) is 3.23. The number of hydrogen-bond donors (Lipinski definition) is 0. The maximum Gasteiger partial charge on any atom is 0.120 e. The first-order valence-corrected chi connectivity index (χ1v) is 1.79. The molecular weight excluding hydrogens is 76.1 g/mol. The Morgan fingerprint density at radius 1 is 1.83 bits per heavy atom. The van der Waals surface area contributed by atoms with E-state index in [0.29, 0.717) is 12.8 Å². The fourth-order valence-corrected chi connectivity index (χ4v) is 0.142. The summed E-state index contributed by atoms with van der Waals surface area (Å²) in [6.45, 7) is 0. The van der Waals surface area contributed by atoms with E-state index in [1.54, 1.807) is 0 Å². The van der Waals surface area contributed by atoms with Gasteiger partial charge in [0.25, 0.3) is 0 Å². The number of aldehydes is 1. The number of hydrogen-bond acceptors (Lipinski definition) is 1. The van der Waals surface area contributed by atoms with Crippen LogP contribution in [0.5, 0.6) is 0 Å². The first-order valence-electron chi connectivity index (χ1n) is 1.79. The maximum atomic E-state index is 9.47. The van der Waals surface area contributed by atoms with Crippen LogP contribution in [-0.2, 0) is 4.79 Å². The fraction of sp³-hybridized carbons (Fsp3) is 0.400. The smallest absolute Gasteiger partial charge is 0.120 e. The molecule has 1 nitrogen and oxygen atoms in total. The average molecular weight is 82.1 g/mol. The van der Waals surface area contributed by atoms with E-state index in [1.165, 1.54) is 0 Å². The summed E-state index contributed by atoms with van der Waals surface area (Å²) in [5.41, 5.74) is 0. The largest absolute Gasteiger partial charge is 0.303 e. The van der Waals surface area contributed by atoms with Gasteiger partial charge in [-0.3, -0.25) is 0 Å². The zero-order chi connectivity index (χ0) is 4.83. The lowest BCUT2D eigenvalue weighted by molar-refractivity contribution is -0.107. The zero-order valence-corrected chi connectivity index (χ0v) is 3.48. The molecule has 0 rings (SSSR count). The Morgan fingerprint density at radius 3 is 2.67 bits per heavy atom. The summed E-state index contributed by atoms with van der Waals surface area (Å²) < 4.78 is 0. The summed E-state index contributed by atoms with van der Waals surface area (Å²) in [6.07, 6.45) is 6.69. The monoisotopic (exact) mass is 82.0 g/mol. The third-order valence-electron chi connectivity index (χ3n) is 0.407. The standard InChI is InChI=1S/C5H6O/c1-2-3-4-5-6/h1,5H,3-4H2. The Balaban J connectivity index is 2.72. The zero-order valence-electron chi connectivity index (χ0n) is 3.48. The average Bonchev–Trinajstić information content (AvgIpc) is 1.61. The van der Waals surface area contributed by atoms with E-state index in [2.05, 4.69) is 5.92 Å². The van der Waals surface area contributed by atoms with Gasteiger partial charge in [-0.25, -0.2) is 0 Å². The molecule has 0 aromatic heterocycles. The Labute approximate surface area is 37.4 Å². The molecule has 0 spiro atoms. The van der Waals surface area contributed by atoms with Crippen molar-refractivity contribution >= 4 is 6.29 Å². The highest BCUT2D eigenvalue weighted by Gasteiger charge is 1.70. The van der Waals surface area contributed by atoms with Gasteiger partial charge in [0.05, 0.1) is 0 Å². The van der Waals surface area contributed by atoms with Crippen molar-refractivity contribution in [2.24, 2.45) is 0 Å². The summed E-state index contributed by atoms with van der Waals surface area (Å²) in [7, 11) is 0. The van der Waals surface area contributed by atoms with Crippen LogP contribution in [0.4, 0.5) is 0 Å². The van der Waals surface area contributed by atoms with Crippen molar-refractivity contribution in [1.29, 1.82) is 0 Å². The quantitative estimate of drug-likeness (QED) is 0.271. The summed E-state index contributed by atoms with van der Waals surface area (Å²) >= 11 is 0. The second-order valence-corrected chi connectivity index (χ2v) is 0.909. The van der Waals surface area contributed by atoms with E-state index in [0.717, 1.165) is 6.29 Å². The van der Waals surface area contributed by atoms with Crippen molar-refractivity contribution in [2.45, 2.75) is 12.8 Å². The minimum Gasteiger partial charge on any atom is -0.303 e. The highest BCUT2D eigenvalue weighted by molar-refractivity contribution is 5.49. The SMILES string of the molecule is C#CCCC=O. The van der Waals surface area contributed by atoms with Gasteiger partial charge in [0, 0.05) is 12.8 Å². The molecule has 0 heterocycles. The summed E-state index contributed by atoms with van der Waals surface area (Å²) in [6, 6.07) is 0. The van der Waals surface area contributed by atoms with Gasteiger partial charge in [0.15, 0.2) is 0 Å². The van der Waals surface area contributed by atoms with Crippen molar-refractivity contribution < 1.29 is 4.79 Å². The molecule has 0 saturated carbocycles. The fourth-order valence-electron chi connectivity index (χ4n) is 0.142. The van der Waals surface area contributed by atoms with Gasteiger partial charge >= 0.3 is 0 Å². The lowest BCUT2D eigenvalue weighted by atomic mass is 10.4. The molecule has 0 fully saturated rings. The van der Waals surface area contributed by atoms with E-state index < -0.39 is 0 Å². The molecule has 0 aromatic rings. The summed E-state index contributed by atoms with van der Waals surface area (Å²) in [4.78, 5) is 9.47. The Kier molecular flexibility index (Phi) is 3.69. The van der Waals surface area contributed by atoms with Crippen LogP contribution in [0, 0.1) is 12.3 Å². The van der Waals surface area contributed by atoms with Gasteiger partial charge in [0.1, 0.15) is 6.29 Å². The van der Waals surface area contributed by atoms with E-state index in [1.807, 2.05) is 0 Å². The number of terminal acetylenes is 1. The molecule has 0 aliphatic carbocycles. The highest BCUT2D eigenvalue weighted by atomic mass is 16.1. The lowest BCUT2D eigenvalue weighted by Gasteiger charge is -1.69. The molecule has 1 heteroatoms. The van der Waals surface area contributed by atoms with Crippen LogP contribution in [-0.4, -0.2) is 6.29 Å². The number of carbonyl (C=O) groups excluding carboxylic acids is 1. The van der Waals surface area contributed by atoms with Gasteiger partial charge in [-0.15, -0.1) is 12.3 Å². The molecule has 0 amide bonds. The molecule has 32 valence electrons. The Morgan fingerprint density at radius 2 is 2.50 bits per heavy atom. The molecule has 0 unspecified atom stereocenters. The molecule has 6 heavy (non-hydrogen) atoms.